The zero-order chi connectivity index (χ0) is 15.4. The van der Waals surface area contributed by atoms with Gasteiger partial charge in [0.15, 0.2) is 5.96 Å². The van der Waals surface area contributed by atoms with Crippen molar-refractivity contribution in [1.82, 2.24) is 20.0 Å². The van der Waals surface area contributed by atoms with Gasteiger partial charge in [-0.15, -0.1) is 11.3 Å². The van der Waals surface area contributed by atoms with Crippen molar-refractivity contribution in [2.24, 2.45) is 12.0 Å². The summed E-state index contributed by atoms with van der Waals surface area (Å²) in [5, 5.41) is 9.82. The number of likely N-dealkylation sites (tertiary alicyclic amines) is 1. The minimum Gasteiger partial charge on any atom is -0.357 e. The van der Waals surface area contributed by atoms with Crippen molar-refractivity contribution in [3.05, 3.63) is 40.3 Å². The summed E-state index contributed by atoms with van der Waals surface area (Å²) in [7, 11) is 1.97. The fraction of sp³-hybridized carbons (Fsp3) is 0.500. The van der Waals surface area contributed by atoms with Crippen molar-refractivity contribution in [3.8, 4) is 0 Å². The zero-order valence-electron chi connectivity index (χ0n) is 13.2. The molecule has 1 aliphatic rings. The van der Waals surface area contributed by atoms with Crippen LogP contribution in [0.25, 0.3) is 0 Å². The zero-order valence-corrected chi connectivity index (χ0v) is 14.0. The fourth-order valence-corrected chi connectivity index (χ4v) is 3.48. The average molecular weight is 317 g/mol. The van der Waals surface area contributed by atoms with Crippen LogP contribution < -0.4 is 5.32 Å². The molecule has 1 fully saturated rings. The van der Waals surface area contributed by atoms with Gasteiger partial charge >= 0.3 is 0 Å². The molecule has 0 saturated carbocycles. The van der Waals surface area contributed by atoms with Crippen molar-refractivity contribution in [2.45, 2.75) is 25.8 Å². The highest BCUT2D eigenvalue weighted by Crippen LogP contribution is 2.26. The lowest BCUT2D eigenvalue weighted by atomic mass is 10.0. The summed E-state index contributed by atoms with van der Waals surface area (Å²) in [6.07, 6.45) is 5.28. The molecule has 3 heterocycles. The summed E-state index contributed by atoms with van der Waals surface area (Å²) in [4.78, 5) is 8.47. The number of rotatable bonds is 4. The van der Waals surface area contributed by atoms with E-state index in [1.165, 1.54) is 10.4 Å². The monoisotopic (exact) mass is 317 g/mol. The Morgan fingerprint density at radius 1 is 1.55 bits per heavy atom. The Balaban J connectivity index is 1.66. The molecule has 1 N–H and O–H groups in total. The summed E-state index contributed by atoms with van der Waals surface area (Å²) >= 11 is 1.76. The van der Waals surface area contributed by atoms with Gasteiger partial charge in [-0.25, -0.2) is 4.99 Å². The van der Waals surface area contributed by atoms with Gasteiger partial charge in [0.05, 0.1) is 12.7 Å². The summed E-state index contributed by atoms with van der Waals surface area (Å²) in [5.41, 5.74) is 1.33. The summed E-state index contributed by atoms with van der Waals surface area (Å²) in [5.74, 6) is 1.58. The van der Waals surface area contributed by atoms with Crippen molar-refractivity contribution in [1.29, 1.82) is 0 Å². The normalized spacial score (nSPS) is 18.9. The summed E-state index contributed by atoms with van der Waals surface area (Å²) in [6.45, 7) is 5.85. The smallest absolute Gasteiger partial charge is 0.194 e. The van der Waals surface area contributed by atoms with E-state index in [-0.39, 0.29) is 0 Å². The van der Waals surface area contributed by atoms with Crippen LogP contribution in [0.2, 0.25) is 0 Å². The third-order valence-corrected chi connectivity index (χ3v) is 4.84. The van der Waals surface area contributed by atoms with Crippen LogP contribution in [0, 0.1) is 0 Å². The minimum atomic E-state index is 0.555. The van der Waals surface area contributed by atoms with Crippen molar-refractivity contribution in [3.63, 3.8) is 0 Å². The molecule has 1 unspecified atom stereocenters. The first kappa shape index (κ1) is 15.1. The number of guanidine groups is 1. The first-order chi connectivity index (χ1) is 10.8. The second kappa shape index (κ2) is 6.96. The maximum absolute atomic E-state index is 4.79. The SMILES string of the molecule is CCNC(=NCc1cccs1)N1CCC(c2cnn(C)c2)C1. The molecule has 0 aromatic carbocycles. The highest BCUT2D eigenvalue weighted by atomic mass is 32.1. The van der Waals surface area contributed by atoms with Crippen LogP contribution in [0.1, 0.15) is 29.7 Å². The average Bonchev–Trinajstić information content (AvgIpc) is 3.24. The van der Waals surface area contributed by atoms with Gasteiger partial charge in [-0.3, -0.25) is 4.68 Å². The first-order valence-electron chi connectivity index (χ1n) is 7.80. The van der Waals surface area contributed by atoms with Gasteiger partial charge in [0.1, 0.15) is 0 Å². The highest BCUT2D eigenvalue weighted by molar-refractivity contribution is 7.09. The Morgan fingerprint density at radius 3 is 3.14 bits per heavy atom. The number of aliphatic imine (C=N–C) groups is 1. The number of nitrogens with zero attached hydrogens (tertiary/aromatic N) is 4. The maximum Gasteiger partial charge on any atom is 0.194 e. The molecule has 22 heavy (non-hydrogen) atoms. The van der Waals surface area contributed by atoms with E-state index in [2.05, 4.69) is 45.9 Å². The number of aromatic nitrogens is 2. The predicted octanol–water partition coefficient (Wildman–Crippen LogP) is 2.44. The molecule has 0 aliphatic carbocycles. The number of nitrogens with one attached hydrogen (secondary N) is 1. The Bertz CT molecular complexity index is 616. The van der Waals surface area contributed by atoms with E-state index in [1.54, 1.807) is 11.3 Å². The van der Waals surface area contributed by atoms with E-state index in [1.807, 2.05) is 17.9 Å². The molecule has 2 aromatic rings. The van der Waals surface area contributed by atoms with Gasteiger partial charge in [0, 0.05) is 43.7 Å². The van der Waals surface area contributed by atoms with Gasteiger partial charge in [0.25, 0.3) is 0 Å². The molecule has 1 aliphatic heterocycles. The molecule has 3 rings (SSSR count). The second-order valence-corrected chi connectivity index (χ2v) is 6.66. The predicted molar refractivity (Wildman–Crippen MR) is 91.3 cm³/mol. The highest BCUT2D eigenvalue weighted by Gasteiger charge is 2.26. The van der Waals surface area contributed by atoms with Gasteiger partial charge in [-0.2, -0.15) is 5.10 Å². The molecule has 0 bridgehead atoms. The third-order valence-electron chi connectivity index (χ3n) is 3.98. The van der Waals surface area contributed by atoms with E-state index in [0.29, 0.717) is 5.92 Å². The third kappa shape index (κ3) is 3.50. The van der Waals surface area contributed by atoms with Crippen molar-refractivity contribution < 1.29 is 0 Å². The number of thiophene rings is 1. The lowest BCUT2D eigenvalue weighted by molar-refractivity contribution is 0.486. The Kier molecular flexibility index (Phi) is 4.77. The standard InChI is InChI=1S/C16H23N5S/c1-3-17-16(18-10-15-5-4-8-22-15)21-7-6-13(12-21)14-9-19-20(2)11-14/h4-5,8-9,11,13H,3,6-7,10,12H2,1-2H3,(H,17,18). The van der Waals surface area contributed by atoms with Crippen LogP contribution in [0.3, 0.4) is 0 Å². The topological polar surface area (TPSA) is 45.5 Å². The number of aryl methyl sites for hydroxylation is 1. The molecule has 1 atom stereocenters. The number of hydrogen-bond donors (Lipinski definition) is 1. The van der Waals surface area contributed by atoms with Crippen LogP contribution in [0.4, 0.5) is 0 Å². The lowest BCUT2D eigenvalue weighted by Crippen LogP contribution is -2.39. The second-order valence-electron chi connectivity index (χ2n) is 5.63. The van der Waals surface area contributed by atoms with E-state index >= 15 is 0 Å². The lowest BCUT2D eigenvalue weighted by Gasteiger charge is -2.21. The largest absolute Gasteiger partial charge is 0.357 e. The molecule has 0 radical (unpaired) electrons. The van der Waals surface area contributed by atoms with Gasteiger partial charge in [-0.05, 0) is 30.4 Å². The first-order valence-corrected chi connectivity index (χ1v) is 8.68. The Labute approximate surface area is 135 Å². The summed E-state index contributed by atoms with van der Waals surface area (Å²) in [6, 6.07) is 4.22. The van der Waals surface area contributed by atoms with E-state index in [4.69, 9.17) is 4.99 Å². The molecule has 5 nitrogen and oxygen atoms in total. The van der Waals surface area contributed by atoms with Crippen molar-refractivity contribution in [2.75, 3.05) is 19.6 Å². The van der Waals surface area contributed by atoms with E-state index < -0.39 is 0 Å². The van der Waals surface area contributed by atoms with Crippen LogP contribution in [-0.2, 0) is 13.6 Å². The van der Waals surface area contributed by atoms with Gasteiger partial charge in [-0.1, -0.05) is 6.07 Å². The molecule has 1 saturated heterocycles. The molecule has 0 spiro atoms. The minimum absolute atomic E-state index is 0.555. The van der Waals surface area contributed by atoms with Crippen LogP contribution in [-0.4, -0.2) is 40.3 Å². The molecular weight excluding hydrogens is 294 g/mol. The van der Waals surface area contributed by atoms with Crippen LogP contribution >= 0.6 is 11.3 Å². The molecule has 6 heteroatoms. The van der Waals surface area contributed by atoms with Crippen LogP contribution in [0.15, 0.2) is 34.9 Å². The van der Waals surface area contributed by atoms with Crippen molar-refractivity contribution >= 4 is 17.3 Å². The van der Waals surface area contributed by atoms with E-state index in [9.17, 15) is 0 Å². The summed E-state index contributed by atoms with van der Waals surface area (Å²) < 4.78 is 1.88. The molecule has 118 valence electrons. The molecule has 0 amide bonds. The quantitative estimate of drug-likeness (QED) is 0.696. The number of hydrogen-bond acceptors (Lipinski definition) is 3. The Morgan fingerprint density at radius 2 is 2.45 bits per heavy atom. The van der Waals surface area contributed by atoms with Gasteiger partial charge < -0.3 is 10.2 Å². The Hall–Kier alpha value is -1.82. The van der Waals surface area contributed by atoms with Crippen LogP contribution in [0.5, 0.6) is 0 Å². The molecule has 2 aromatic heterocycles. The molecular formula is C16H23N5S. The van der Waals surface area contributed by atoms with E-state index in [0.717, 1.165) is 38.6 Å². The maximum atomic E-state index is 4.79. The fourth-order valence-electron chi connectivity index (χ4n) is 2.86. The van der Waals surface area contributed by atoms with Gasteiger partial charge in [0.2, 0.25) is 0 Å².